The molecule has 1 amide bonds. The molecule has 1 aromatic carbocycles. The molecule has 1 saturated heterocycles. The van der Waals surface area contributed by atoms with E-state index < -0.39 is 5.60 Å². The number of rotatable bonds is 5. The molecule has 27 heavy (non-hydrogen) atoms. The number of nitrogens with zero attached hydrogens (tertiary/aromatic N) is 3. The number of aromatic nitrogens is 1. The van der Waals surface area contributed by atoms with Crippen LogP contribution in [0.15, 0.2) is 40.9 Å². The Morgan fingerprint density at radius 2 is 1.85 bits per heavy atom. The molecule has 0 saturated carbocycles. The maximum atomic E-state index is 12.1. The van der Waals surface area contributed by atoms with Gasteiger partial charge in [-0.25, -0.2) is 4.79 Å². The van der Waals surface area contributed by atoms with Crippen LogP contribution >= 0.6 is 0 Å². The molecule has 1 aliphatic rings. The molecule has 0 spiro atoms. The molecule has 0 aliphatic carbocycles. The van der Waals surface area contributed by atoms with E-state index in [1.54, 1.807) is 11.0 Å². The Morgan fingerprint density at radius 1 is 1.15 bits per heavy atom. The minimum absolute atomic E-state index is 0.241. The van der Waals surface area contributed by atoms with Crippen LogP contribution in [0.4, 0.5) is 4.79 Å². The SMILES string of the molecule is CC(C)(C)OC(=O)N1CCN(CCOc2cc(-c3ccccc3)on2)CC1. The van der Waals surface area contributed by atoms with E-state index in [4.69, 9.17) is 14.0 Å². The summed E-state index contributed by atoms with van der Waals surface area (Å²) in [5.41, 5.74) is 0.510. The van der Waals surface area contributed by atoms with Crippen LogP contribution < -0.4 is 4.74 Å². The average Bonchev–Trinajstić information content (AvgIpc) is 3.10. The number of benzene rings is 1. The standard InChI is InChI=1S/C20H27N3O4/c1-20(2,3)26-19(24)23-11-9-22(10-12-23)13-14-25-18-15-17(27-21-18)16-7-5-4-6-8-16/h4-8,15H,9-14H2,1-3H3. The summed E-state index contributed by atoms with van der Waals surface area (Å²) in [5.74, 6) is 1.18. The Bertz CT molecular complexity index is 731. The third-order valence-corrected chi connectivity index (χ3v) is 4.23. The zero-order valence-electron chi connectivity index (χ0n) is 16.2. The minimum atomic E-state index is -0.460. The summed E-state index contributed by atoms with van der Waals surface area (Å²) >= 11 is 0. The first-order valence-corrected chi connectivity index (χ1v) is 9.26. The molecule has 0 bridgehead atoms. The predicted molar refractivity (Wildman–Crippen MR) is 102 cm³/mol. The summed E-state index contributed by atoms with van der Waals surface area (Å²) in [5, 5.41) is 3.96. The van der Waals surface area contributed by atoms with Crippen molar-refractivity contribution in [2.75, 3.05) is 39.3 Å². The summed E-state index contributed by atoms with van der Waals surface area (Å²) in [6, 6.07) is 11.6. The van der Waals surface area contributed by atoms with Crippen LogP contribution in [0.2, 0.25) is 0 Å². The summed E-state index contributed by atoms with van der Waals surface area (Å²) < 4.78 is 16.4. The van der Waals surface area contributed by atoms with E-state index in [9.17, 15) is 4.79 Å². The molecule has 146 valence electrons. The maximum Gasteiger partial charge on any atom is 0.410 e. The van der Waals surface area contributed by atoms with Crippen molar-refractivity contribution in [3.05, 3.63) is 36.4 Å². The summed E-state index contributed by atoms with van der Waals surface area (Å²) in [4.78, 5) is 16.1. The molecule has 7 heteroatoms. The molecule has 3 rings (SSSR count). The number of piperazine rings is 1. The molecule has 0 N–H and O–H groups in total. The number of hydrogen-bond acceptors (Lipinski definition) is 6. The van der Waals surface area contributed by atoms with Crippen LogP contribution in [-0.2, 0) is 4.74 Å². The van der Waals surface area contributed by atoms with Crippen molar-refractivity contribution < 1.29 is 18.8 Å². The van der Waals surface area contributed by atoms with Crippen molar-refractivity contribution in [1.29, 1.82) is 0 Å². The van der Waals surface area contributed by atoms with Crippen LogP contribution in [0.5, 0.6) is 5.88 Å². The molecule has 1 aromatic heterocycles. The first-order valence-electron chi connectivity index (χ1n) is 9.26. The lowest BCUT2D eigenvalue weighted by atomic mass is 10.2. The normalized spacial score (nSPS) is 15.6. The van der Waals surface area contributed by atoms with Gasteiger partial charge < -0.3 is 18.9 Å². The van der Waals surface area contributed by atoms with E-state index in [0.717, 1.165) is 25.2 Å². The highest BCUT2D eigenvalue weighted by Gasteiger charge is 2.25. The second-order valence-corrected chi connectivity index (χ2v) is 7.55. The zero-order valence-corrected chi connectivity index (χ0v) is 16.2. The smallest absolute Gasteiger partial charge is 0.410 e. The fourth-order valence-corrected chi connectivity index (χ4v) is 2.83. The largest absolute Gasteiger partial charge is 0.474 e. The van der Waals surface area contributed by atoms with Crippen molar-refractivity contribution in [2.45, 2.75) is 26.4 Å². The van der Waals surface area contributed by atoms with E-state index >= 15 is 0 Å². The third kappa shape index (κ3) is 5.72. The summed E-state index contributed by atoms with van der Waals surface area (Å²) in [6.07, 6.45) is -0.241. The van der Waals surface area contributed by atoms with Crippen LogP contribution in [0, 0.1) is 0 Å². The molecule has 2 aromatic rings. The van der Waals surface area contributed by atoms with Crippen molar-refractivity contribution in [1.82, 2.24) is 15.0 Å². The highest BCUT2D eigenvalue weighted by atomic mass is 16.6. The van der Waals surface area contributed by atoms with Gasteiger partial charge in [0.05, 0.1) is 0 Å². The number of carbonyl (C=O) groups excluding carboxylic acids is 1. The Balaban J connectivity index is 1.39. The topological polar surface area (TPSA) is 68.0 Å². The first-order chi connectivity index (χ1) is 12.9. The Morgan fingerprint density at radius 3 is 2.52 bits per heavy atom. The summed E-state index contributed by atoms with van der Waals surface area (Å²) in [7, 11) is 0. The van der Waals surface area contributed by atoms with Gasteiger partial charge in [0.15, 0.2) is 5.76 Å². The molecular formula is C20H27N3O4. The van der Waals surface area contributed by atoms with E-state index in [2.05, 4.69) is 10.1 Å². The number of ether oxygens (including phenoxy) is 2. The van der Waals surface area contributed by atoms with Crippen molar-refractivity contribution in [3.8, 4) is 17.2 Å². The highest BCUT2D eigenvalue weighted by Crippen LogP contribution is 2.23. The third-order valence-electron chi connectivity index (χ3n) is 4.23. The van der Waals surface area contributed by atoms with Gasteiger partial charge in [0.1, 0.15) is 12.2 Å². The van der Waals surface area contributed by atoms with Gasteiger partial charge in [-0.2, -0.15) is 0 Å². The second kappa shape index (κ2) is 8.43. The molecular weight excluding hydrogens is 346 g/mol. The fraction of sp³-hybridized carbons (Fsp3) is 0.500. The van der Waals surface area contributed by atoms with Crippen LogP contribution in [-0.4, -0.2) is 66.0 Å². The van der Waals surface area contributed by atoms with Gasteiger partial charge >= 0.3 is 6.09 Å². The maximum absolute atomic E-state index is 12.1. The van der Waals surface area contributed by atoms with Crippen LogP contribution in [0.3, 0.4) is 0 Å². The van der Waals surface area contributed by atoms with E-state index in [1.165, 1.54) is 0 Å². The molecule has 2 heterocycles. The molecule has 0 unspecified atom stereocenters. The van der Waals surface area contributed by atoms with Gasteiger partial charge in [0.2, 0.25) is 0 Å². The van der Waals surface area contributed by atoms with Crippen molar-refractivity contribution in [3.63, 3.8) is 0 Å². The average molecular weight is 373 g/mol. The Hall–Kier alpha value is -2.54. The van der Waals surface area contributed by atoms with Gasteiger partial charge in [-0.15, -0.1) is 0 Å². The van der Waals surface area contributed by atoms with Gasteiger partial charge in [0.25, 0.3) is 5.88 Å². The van der Waals surface area contributed by atoms with E-state index in [1.807, 2.05) is 51.1 Å². The lowest BCUT2D eigenvalue weighted by Crippen LogP contribution is -2.50. The molecule has 0 atom stereocenters. The van der Waals surface area contributed by atoms with E-state index in [0.29, 0.717) is 31.3 Å². The van der Waals surface area contributed by atoms with Gasteiger partial charge in [0, 0.05) is 44.4 Å². The molecule has 0 radical (unpaired) electrons. The monoisotopic (exact) mass is 373 g/mol. The Labute approximate surface area is 159 Å². The first kappa shape index (κ1) is 19.2. The van der Waals surface area contributed by atoms with Crippen LogP contribution in [0.25, 0.3) is 11.3 Å². The zero-order chi connectivity index (χ0) is 19.3. The quantitative estimate of drug-likeness (QED) is 0.801. The van der Waals surface area contributed by atoms with Gasteiger partial charge in [-0.05, 0) is 25.9 Å². The highest BCUT2D eigenvalue weighted by molar-refractivity contribution is 5.68. The molecule has 1 aliphatic heterocycles. The molecule has 7 nitrogen and oxygen atoms in total. The lowest BCUT2D eigenvalue weighted by molar-refractivity contribution is 0.0136. The Kier molecular flexibility index (Phi) is 6.01. The predicted octanol–water partition coefficient (Wildman–Crippen LogP) is 3.27. The lowest BCUT2D eigenvalue weighted by Gasteiger charge is -2.35. The minimum Gasteiger partial charge on any atom is -0.474 e. The van der Waals surface area contributed by atoms with Gasteiger partial charge in [-0.3, -0.25) is 4.90 Å². The number of hydrogen-bond donors (Lipinski definition) is 0. The number of carbonyl (C=O) groups is 1. The van der Waals surface area contributed by atoms with Gasteiger partial charge in [-0.1, -0.05) is 30.3 Å². The number of amides is 1. The van der Waals surface area contributed by atoms with Crippen molar-refractivity contribution >= 4 is 6.09 Å². The molecule has 1 fully saturated rings. The summed E-state index contributed by atoms with van der Waals surface area (Å²) in [6.45, 7) is 9.87. The van der Waals surface area contributed by atoms with E-state index in [-0.39, 0.29) is 6.09 Å². The van der Waals surface area contributed by atoms with Crippen molar-refractivity contribution in [2.24, 2.45) is 0 Å². The van der Waals surface area contributed by atoms with Crippen LogP contribution in [0.1, 0.15) is 20.8 Å². The fourth-order valence-electron chi connectivity index (χ4n) is 2.83. The second-order valence-electron chi connectivity index (χ2n) is 7.55.